The number of urea groups is 1. The lowest BCUT2D eigenvalue weighted by Gasteiger charge is -2.32. The molecule has 1 aliphatic rings. The number of hydrogen-bond donors (Lipinski definition) is 1. The SMILES string of the molecule is CC1=NNC(=O)N(N(C(=O)Oc2ccccc2)C(=O)Oc2ccccc2)C1. The van der Waals surface area contributed by atoms with Crippen LogP contribution in [0.2, 0.25) is 0 Å². The van der Waals surface area contributed by atoms with Crippen LogP contribution < -0.4 is 14.9 Å². The van der Waals surface area contributed by atoms with Gasteiger partial charge in [0, 0.05) is 0 Å². The molecule has 27 heavy (non-hydrogen) atoms. The predicted molar refractivity (Wildman–Crippen MR) is 95.1 cm³/mol. The molecule has 0 unspecified atom stereocenters. The van der Waals surface area contributed by atoms with E-state index in [4.69, 9.17) is 9.47 Å². The van der Waals surface area contributed by atoms with Crippen molar-refractivity contribution in [1.82, 2.24) is 15.4 Å². The van der Waals surface area contributed by atoms with Crippen LogP contribution in [0.15, 0.2) is 65.8 Å². The minimum absolute atomic E-state index is 0.0837. The van der Waals surface area contributed by atoms with Crippen molar-refractivity contribution in [1.29, 1.82) is 0 Å². The lowest BCUT2D eigenvalue weighted by atomic mass is 10.3. The first-order valence-corrected chi connectivity index (χ1v) is 7.99. The van der Waals surface area contributed by atoms with Crippen molar-refractivity contribution in [3.8, 4) is 11.5 Å². The smallest absolute Gasteiger partial charge is 0.409 e. The van der Waals surface area contributed by atoms with Gasteiger partial charge in [-0.2, -0.15) is 5.10 Å². The highest BCUT2D eigenvalue weighted by molar-refractivity contribution is 5.96. The van der Waals surface area contributed by atoms with Crippen molar-refractivity contribution < 1.29 is 23.9 Å². The molecule has 0 fully saturated rings. The van der Waals surface area contributed by atoms with Gasteiger partial charge in [-0.3, -0.25) is 0 Å². The Hall–Kier alpha value is -3.88. The Bertz CT molecular complexity index is 816. The van der Waals surface area contributed by atoms with Gasteiger partial charge in [0.1, 0.15) is 11.5 Å². The van der Waals surface area contributed by atoms with E-state index in [9.17, 15) is 14.4 Å². The van der Waals surface area contributed by atoms with Gasteiger partial charge in [-0.1, -0.05) is 36.4 Å². The van der Waals surface area contributed by atoms with Crippen molar-refractivity contribution in [3.63, 3.8) is 0 Å². The Balaban J connectivity index is 1.86. The van der Waals surface area contributed by atoms with Crippen LogP contribution >= 0.6 is 0 Å². The molecule has 1 heterocycles. The van der Waals surface area contributed by atoms with Crippen LogP contribution in [0.1, 0.15) is 6.92 Å². The zero-order chi connectivity index (χ0) is 19.2. The second-order valence-corrected chi connectivity index (χ2v) is 5.50. The third-order valence-corrected chi connectivity index (χ3v) is 3.44. The second-order valence-electron chi connectivity index (χ2n) is 5.50. The van der Waals surface area contributed by atoms with E-state index < -0.39 is 18.2 Å². The fourth-order valence-corrected chi connectivity index (χ4v) is 2.22. The van der Waals surface area contributed by atoms with Gasteiger partial charge in [-0.15, -0.1) is 5.01 Å². The van der Waals surface area contributed by atoms with Crippen molar-refractivity contribution >= 4 is 23.9 Å². The van der Waals surface area contributed by atoms with E-state index in [1.807, 2.05) is 0 Å². The molecule has 0 radical (unpaired) electrons. The predicted octanol–water partition coefficient (Wildman–Crippen LogP) is 3.00. The number of carbonyl (C=O) groups excluding carboxylic acids is 3. The molecule has 0 bridgehead atoms. The maximum absolute atomic E-state index is 12.6. The number of imide groups is 1. The number of benzene rings is 2. The number of amides is 4. The standard InChI is InChI=1S/C18H16N4O5/c1-13-12-21(16(23)20-19-13)22(17(24)26-14-8-4-2-5-9-14)18(25)27-15-10-6-3-7-11-15/h2-11H,12H2,1H3,(H,20,23). The molecule has 3 rings (SSSR count). The van der Waals surface area contributed by atoms with Crippen LogP contribution in [-0.4, -0.2) is 40.5 Å². The van der Waals surface area contributed by atoms with Crippen molar-refractivity contribution in [2.45, 2.75) is 6.92 Å². The summed E-state index contributed by atoms with van der Waals surface area (Å²) in [5.41, 5.74) is 2.70. The highest BCUT2D eigenvalue weighted by atomic mass is 16.6. The average Bonchev–Trinajstić information content (AvgIpc) is 2.66. The molecule has 0 saturated heterocycles. The van der Waals surface area contributed by atoms with E-state index in [-0.39, 0.29) is 18.0 Å². The van der Waals surface area contributed by atoms with Gasteiger partial charge in [0.25, 0.3) is 0 Å². The molecule has 9 heteroatoms. The topological polar surface area (TPSA) is 101 Å². The summed E-state index contributed by atoms with van der Waals surface area (Å²) in [4.78, 5) is 37.4. The summed E-state index contributed by atoms with van der Waals surface area (Å²) in [6.45, 7) is 1.55. The monoisotopic (exact) mass is 368 g/mol. The van der Waals surface area contributed by atoms with Gasteiger partial charge in [-0.25, -0.2) is 24.8 Å². The molecule has 138 valence electrons. The molecule has 9 nitrogen and oxygen atoms in total. The molecule has 1 aliphatic heterocycles. The molecular weight excluding hydrogens is 352 g/mol. The highest BCUT2D eigenvalue weighted by Gasteiger charge is 2.37. The molecule has 0 saturated carbocycles. The van der Waals surface area contributed by atoms with Crippen LogP contribution in [0.5, 0.6) is 11.5 Å². The lowest BCUT2D eigenvalue weighted by molar-refractivity contribution is 0.0396. The van der Waals surface area contributed by atoms with Crippen LogP contribution in [0.4, 0.5) is 14.4 Å². The van der Waals surface area contributed by atoms with Gasteiger partial charge in [0.2, 0.25) is 0 Å². The quantitative estimate of drug-likeness (QED) is 0.897. The van der Waals surface area contributed by atoms with E-state index in [0.717, 1.165) is 5.01 Å². The highest BCUT2D eigenvalue weighted by Crippen LogP contribution is 2.16. The number of hydrazine groups is 1. The maximum atomic E-state index is 12.6. The number of para-hydroxylation sites is 2. The summed E-state index contributed by atoms with van der Waals surface area (Å²) in [5, 5.41) is 5.13. The minimum Gasteiger partial charge on any atom is -0.409 e. The van der Waals surface area contributed by atoms with Gasteiger partial charge in [-0.05, 0) is 31.2 Å². The molecule has 0 aliphatic carbocycles. The molecule has 1 N–H and O–H groups in total. The maximum Gasteiger partial charge on any atom is 0.444 e. The first-order chi connectivity index (χ1) is 13.0. The molecule has 2 aromatic carbocycles. The van der Waals surface area contributed by atoms with Crippen LogP contribution in [0.25, 0.3) is 0 Å². The third-order valence-electron chi connectivity index (χ3n) is 3.44. The summed E-state index contributed by atoms with van der Waals surface area (Å²) < 4.78 is 10.4. The molecule has 0 atom stereocenters. The normalized spacial score (nSPS) is 13.3. The summed E-state index contributed by atoms with van der Waals surface area (Å²) in [6.07, 6.45) is -2.18. The fourth-order valence-electron chi connectivity index (χ4n) is 2.22. The van der Waals surface area contributed by atoms with E-state index in [2.05, 4.69) is 10.5 Å². The number of rotatable bonds is 3. The first kappa shape index (κ1) is 17.9. The number of ether oxygens (including phenoxy) is 2. The Kier molecular flexibility index (Phi) is 5.31. The van der Waals surface area contributed by atoms with Crippen LogP contribution in [-0.2, 0) is 0 Å². The average molecular weight is 368 g/mol. The van der Waals surface area contributed by atoms with Crippen molar-refractivity contribution in [2.24, 2.45) is 5.10 Å². The van der Waals surface area contributed by atoms with Gasteiger partial charge >= 0.3 is 18.2 Å². The van der Waals surface area contributed by atoms with Crippen molar-refractivity contribution in [2.75, 3.05) is 6.54 Å². The van der Waals surface area contributed by atoms with E-state index in [0.29, 0.717) is 10.7 Å². The molecule has 0 spiro atoms. The number of hydrazone groups is 1. The Morgan fingerprint density at radius 3 is 1.93 bits per heavy atom. The van der Waals surface area contributed by atoms with Gasteiger partial charge in [0.05, 0.1) is 12.3 Å². The first-order valence-electron chi connectivity index (χ1n) is 7.99. The fraction of sp³-hybridized carbons (Fsp3) is 0.111. The largest absolute Gasteiger partial charge is 0.444 e. The second kappa shape index (κ2) is 8.00. The number of hydrogen-bond acceptors (Lipinski definition) is 6. The molecule has 4 amide bonds. The lowest BCUT2D eigenvalue weighted by Crippen LogP contribution is -2.59. The van der Waals surface area contributed by atoms with Gasteiger partial charge in [0.15, 0.2) is 0 Å². The summed E-state index contributed by atoms with van der Waals surface area (Å²) >= 11 is 0. The van der Waals surface area contributed by atoms with E-state index in [1.54, 1.807) is 67.6 Å². The van der Waals surface area contributed by atoms with Crippen LogP contribution in [0, 0.1) is 0 Å². The molecule has 2 aromatic rings. The number of carbonyl (C=O) groups is 3. The summed E-state index contributed by atoms with van der Waals surface area (Å²) in [7, 11) is 0. The zero-order valence-corrected chi connectivity index (χ0v) is 14.4. The number of nitrogens with zero attached hydrogens (tertiary/aromatic N) is 3. The van der Waals surface area contributed by atoms with Crippen molar-refractivity contribution in [3.05, 3.63) is 60.7 Å². The van der Waals surface area contributed by atoms with E-state index >= 15 is 0 Å². The zero-order valence-electron chi connectivity index (χ0n) is 14.4. The van der Waals surface area contributed by atoms with Gasteiger partial charge < -0.3 is 9.47 Å². The van der Waals surface area contributed by atoms with Crippen LogP contribution in [0.3, 0.4) is 0 Å². The molecule has 0 aromatic heterocycles. The third kappa shape index (κ3) is 4.40. The summed E-state index contributed by atoms with van der Waals surface area (Å²) in [5.74, 6) is 0.422. The molecular formula is C18H16N4O5. The minimum atomic E-state index is -1.09. The number of nitrogens with one attached hydrogen (secondary N) is 1. The van der Waals surface area contributed by atoms with E-state index in [1.165, 1.54) is 0 Å². The Morgan fingerprint density at radius 2 is 1.44 bits per heavy atom. The Morgan fingerprint density at radius 1 is 0.963 bits per heavy atom. The summed E-state index contributed by atoms with van der Waals surface area (Å²) in [6, 6.07) is 15.6. The Labute approximate surface area is 154 Å².